The summed E-state index contributed by atoms with van der Waals surface area (Å²) in [6.45, 7) is 6.67. The fourth-order valence-electron chi connectivity index (χ4n) is 2.33. The number of nitrogens with zero attached hydrogens (tertiary/aromatic N) is 1. The molecule has 2 aliphatic rings. The molecule has 0 aromatic carbocycles. The first-order chi connectivity index (χ1) is 6.61. The zero-order chi connectivity index (χ0) is 10.2. The van der Waals surface area contributed by atoms with Crippen LogP contribution in [0.2, 0.25) is 0 Å². The molecule has 0 saturated carbocycles. The number of hydrogen-bond acceptors (Lipinski definition) is 3. The van der Waals surface area contributed by atoms with E-state index in [0.717, 1.165) is 25.9 Å². The van der Waals surface area contributed by atoms with Crippen LogP contribution in [0.3, 0.4) is 0 Å². The van der Waals surface area contributed by atoms with Gasteiger partial charge in [0.1, 0.15) is 6.61 Å². The van der Waals surface area contributed by atoms with Crippen LogP contribution in [0.25, 0.3) is 0 Å². The van der Waals surface area contributed by atoms with Crippen molar-refractivity contribution in [1.82, 2.24) is 10.2 Å². The van der Waals surface area contributed by atoms with Crippen molar-refractivity contribution in [2.24, 2.45) is 0 Å². The van der Waals surface area contributed by atoms with Gasteiger partial charge in [-0.1, -0.05) is 0 Å². The van der Waals surface area contributed by atoms with E-state index in [2.05, 4.69) is 19.2 Å². The fraction of sp³-hybridized carbons (Fsp3) is 0.900. The third-order valence-corrected chi connectivity index (χ3v) is 3.07. The molecular weight excluding hydrogens is 180 g/mol. The smallest absolute Gasteiger partial charge is 0.410 e. The summed E-state index contributed by atoms with van der Waals surface area (Å²) in [5.41, 5.74) is -0.126. The molecule has 0 aliphatic carbocycles. The minimum atomic E-state index is -0.137. The van der Waals surface area contributed by atoms with Crippen LogP contribution < -0.4 is 5.32 Å². The maximum Gasteiger partial charge on any atom is 0.410 e. The van der Waals surface area contributed by atoms with Crippen molar-refractivity contribution >= 4 is 6.09 Å². The predicted molar refractivity (Wildman–Crippen MR) is 53.2 cm³/mol. The zero-order valence-corrected chi connectivity index (χ0v) is 8.88. The van der Waals surface area contributed by atoms with Gasteiger partial charge in [0.15, 0.2) is 0 Å². The van der Waals surface area contributed by atoms with Crippen molar-refractivity contribution in [3.05, 3.63) is 0 Å². The molecule has 0 aromatic heterocycles. The van der Waals surface area contributed by atoms with Crippen LogP contribution in [-0.2, 0) is 4.74 Å². The maximum atomic E-state index is 11.6. The summed E-state index contributed by atoms with van der Waals surface area (Å²) in [6.07, 6.45) is 1.94. The number of ether oxygens (including phenoxy) is 1. The molecule has 2 fully saturated rings. The van der Waals surface area contributed by atoms with Gasteiger partial charge in [-0.15, -0.1) is 0 Å². The second-order valence-electron chi connectivity index (χ2n) is 4.72. The number of carbonyl (C=O) groups excluding carboxylic acids is 1. The average molecular weight is 198 g/mol. The molecule has 0 bridgehead atoms. The Morgan fingerprint density at radius 3 is 2.57 bits per heavy atom. The van der Waals surface area contributed by atoms with E-state index >= 15 is 0 Å². The molecule has 2 rings (SSSR count). The lowest BCUT2D eigenvalue weighted by Crippen LogP contribution is -2.51. The average Bonchev–Trinajstić information content (AvgIpc) is 2.42. The summed E-state index contributed by atoms with van der Waals surface area (Å²) in [5, 5.41) is 3.30. The van der Waals surface area contributed by atoms with Crippen LogP contribution in [0.4, 0.5) is 4.79 Å². The molecule has 4 nitrogen and oxygen atoms in total. The van der Waals surface area contributed by atoms with E-state index in [9.17, 15) is 4.79 Å². The molecule has 0 aromatic rings. The van der Waals surface area contributed by atoms with Crippen LogP contribution in [0.5, 0.6) is 0 Å². The molecule has 0 atom stereocenters. The highest BCUT2D eigenvalue weighted by Gasteiger charge is 2.43. The van der Waals surface area contributed by atoms with Gasteiger partial charge < -0.3 is 10.1 Å². The molecule has 2 heterocycles. The van der Waals surface area contributed by atoms with Gasteiger partial charge in [0, 0.05) is 6.04 Å². The lowest BCUT2D eigenvalue weighted by Gasteiger charge is -2.37. The highest BCUT2D eigenvalue weighted by Crippen LogP contribution is 2.29. The van der Waals surface area contributed by atoms with Crippen molar-refractivity contribution in [2.45, 2.75) is 38.3 Å². The largest absolute Gasteiger partial charge is 0.447 e. The Balaban J connectivity index is 2.10. The molecule has 0 spiro atoms. The Bertz CT molecular complexity index is 234. The van der Waals surface area contributed by atoms with Crippen molar-refractivity contribution in [3.8, 4) is 0 Å². The van der Waals surface area contributed by atoms with Gasteiger partial charge in [0.25, 0.3) is 0 Å². The number of piperidine rings is 1. The number of nitrogens with one attached hydrogen (secondary N) is 1. The highest BCUT2D eigenvalue weighted by atomic mass is 16.6. The quantitative estimate of drug-likeness (QED) is 0.682. The minimum Gasteiger partial charge on any atom is -0.447 e. The summed E-state index contributed by atoms with van der Waals surface area (Å²) in [7, 11) is 0. The first-order valence-electron chi connectivity index (χ1n) is 5.28. The van der Waals surface area contributed by atoms with Crippen molar-refractivity contribution in [3.63, 3.8) is 0 Å². The Hall–Kier alpha value is -0.770. The Labute approximate surface area is 84.6 Å². The standard InChI is InChI=1S/C10H18N2O2/c1-10(2)7-14-9(13)12(10)8-3-5-11-6-4-8/h8,11H,3-7H2,1-2H3. The van der Waals surface area contributed by atoms with E-state index in [0.29, 0.717) is 12.6 Å². The molecule has 2 aliphatic heterocycles. The van der Waals surface area contributed by atoms with Crippen LogP contribution >= 0.6 is 0 Å². The highest BCUT2D eigenvalue weighted by molar-refractivity contribution is 5.71. The summed E-state index contributed by atoms with van der Waals surface area (Å²) < 4.78 is 5.10. The van der Waals surface area contributed by atoms with Crippen molar-refractivity contribution < 1.29 is 9.53 Å². The van der Waals surface area contributed by atoms with Crippen LogP contribution in [0, 0.1) is 0 Å². The molecule has 0 radical (unpaired) electrons. The van der Waals surface area contributed by atoms with E-state index in [-0.39, 0.29) is 11.6 Å². The van der Waals surface area contributed by atoms with E-state index < -0.39 is 0 Å². The molecule has 1 amide bonds. The van der Waals surface area contributed by atoms with Gasteiger partial charge in [0.2, 0.25) is 0 Å². The Morgan fingerprint density at radius 1 is 1.43 bits per heavy atom. The number of hydrogen-bond donors (Lipinski definition) is 1. The predicted octanol–water partition coefficient (Wildman–Crippen LogP) is 0.969. The van der Waals surface area contributed by atoms with Crippen molar-refractivity contribution in [2.75, 3.05) is 19.7 Å². The SMILES string of the molecule is CC1(C)COC(=O)N1C1CCNCC1. The van der Waals surface area contributed by atoms with Gasteiger partial charge in [-0.25, -0.2) is 4.79 Å². The summed E-state index contributed by atoms with van der Waals surface area (Å²) in [5.74, 6) is 0. The lowest BCUT2D eigenvalue weighted by atomic mass is 9.98. The van der Waals surface area contributed by atoms with E-state index in [1.54, 1.807) is 0 Å². The maximum absolute atomic E-state index is 11.6. The van der Waals surface area contributed by atoms with Gasteiger partial charge in [-0.05, 0) is 39.8 Å². The number of rotatable bonds is 1. The van der Waals surface area contributed by atoms with Crippen LogP contribution in [-0.4, -0.2) is 42.3 Å². The monoisotopic (exact) mass is 198 g/mol. The first kappa shape index (κ1) is 9.77. The van der Waals surface area contributed by atoms with Crippen LogP contribution in [0.1, 0.15) is 26.7 Å². The zero-order valence-electron chi connectivity index (χ0n) is 8.88. The topological polar surface area (TPSA) is 41.6 Å². The molecule has 1 N–H and O–H groups in total. The van der Waals surface area contributed by atoms with Gasteiger partial charge in [-0.3, -0.25) is 4.90 Å². The molecule has 0 unspecified atom stereocenters. The molecule has 14 heavy (non-hydrogen) atoms. The fourth-order valence-corrected chi connectivity index (χ4v) is 2.33. The molecule has 80 valence electrons. The summed E-state index contributed by atoms with van der Waals surface area (Å²) >= 11 is 0. The van der Waals surface area contributed by atoms with Crippen LogP contribution in [0.15, 0.2) is 0 Å². The van der Waals surface area contributed by atoms with Crippen molar-refractivity contribution in [1.29, 1.82) is 0 Å². The lowest BCUT2D eigenvalue weighted by molar-refractivity contribution is 0.116. The third-order valence-electron chi connectivity index (χ3n) is 3.07. The number of amides is 1. The normalized spacial score (nSPS) is 27.9. The molecule has 4 heteroatoms. The molecule has 2 saturated heterocycles. The van der Waals surface area contributed by atoms with Gasteiger partial charge >= 0.3 is 6.09 Å². The Morgan fingerprint density at radius 2 is 2.07 bits per heavy atom. The second kappa shape index (κ2) is 3.42. The number of cyclic esters (lactones) is 1. The first-order valence-corrected chi connectivity index (χ1v) is 5.28. The molecular formula is C10H18N2O2. The Kier molecular flexibility index (Phi) is 2.39. The summed E-state index contributed by atoms with van der Waals surface area (Å²) in [6, 6.07) is 0.362. The van der Waals surface area contributed by atoms with E-state index in [1.807, 2.05) is 4.90 Å². The van der Waals surface area contributed by atoms with Gasteiger partial charge in [-0.2, -0.15) is 0 Å². The second-order valence-corrected chi connectivity index (χ2v) is 4.72. The van der Waals surface area contributed by atoms with E-state index in [4.69, 9.17) is 4.74 Å². The summed E-state index contributed by atoms with van der Waals surface area (Å²) in [4.78, 5) is 13.5. The van der Waals surface area contributed by atoms with E-state index in [1.165, 1.54) is 0 Å². The third kappa shape index (κ3) is 1.59. The van der Waals surface area contributed by atoms with Gasteiger partial charge in [0.05, 0.1) is 5.54 Å². The number of carbonyl (C=O) groups is 1. The minimum absolute atomic E-state index is 0.126.